The molecule has 1 aromatic heterocycles. The van der Waals surface area contributed by atoms with Gasteiger partial charge in [-0.15, -0.1) is 0 Å². The summed E-state index contributed by atoms with van der Waals surface area (Å²) in [6, 6.07) is 3.40. The van der Waals surface area contributed by atoms with Gasteiger partial charge in [-0.05, 0) is 18.1 Å². The second-order valence-electron chi connectivity index (χ2n) is 5.14. The number of ketones is 1. The van der Waals surface area contributed by atoms with Crippen molar-refractivity contribution in [3.05, 3.63) is 35.5 Å². The molecule has 1 heterocycles. The van der Waals surface area contributed by atoms with E-state index < -0.39 is 23.7 Å². The van der Waals surface area contributed by atoms with Gasteiger partial charge in [0.25, 0.3) is 0 Å². The highest BCUT2D eigenvalue weighted by atomic mass is 19.4. The summed E-state index contributed by atoms with van der Waals surface area (Å²) >= 11 is 0. The number of carbonyl (C=O) groups is 1. The SMILES string of the molecule is CC(C)CC(=O)c1ccc(-c2noc(C(F)(F)F)n2)cc1F. The van der Waals surface area contributed by atoms with Gasteiger partial charge in [-0.25, -0.2) is 4.39 Å². The lowest BCUT2D eigenvalue weighted by molar-refractivity contribution is -0.159. The lowest BCUT2D eigenvalue weighted by Gasteiger charge is -2.06. The van der Waals surface area contributed by atoms with E-state index in [4.69, 9.17) is 0 Å². The summed E-state index contributed by atoms with van der Waals surface area (Å²) in [7, 11) is 0. The highest BCUT2D eigenvalue weighted by Crippen LogP contribution is 2.29. The summed E-state index contributed by atoms with van der Waals surface area (Å²) in [5.41, 5.74) is -0.116. The topological polar surface area (TPSA) is 56.0 Å². The van der Waals surface area contributed by atoms with Crippen LogP contribution in [0.15, 0.2) is 22.7 Å². The zero-order valence-corrected chi connectivity index (χ0v) is 11.7. The number of alkyl halides is 3. The lowest BCUT2D eigenvalue weighted by atomic mass is 9.99. The van der Waals surface area contributed by atoms with Crippen molar-refractivity contribution in [1.82, 2.24) is 10.1 Å². The summed E-state index contributed by atoms with van der Waals surface area (Å²) in [5, 5.41) is 3.16. The van der Waals surface area contributed by atoms with Crippen molar-refractivity contribution in [2.24, 2.45) is 5.92 Å². The fourth-order valence-electron chi connectivity index (χ4n) is 1.82. The number of rotatable bonds is 4. The largest absolute Gasteiger partial charge is 0.471 e. The maximum Gasteiger partial charge on any atom is 0.471 e. The highest BCUT2D eigenvalue weighted by Gasteiger charge is 2.38. The molecule has 0 N–H and O–H groups in total. The van der Waals surface area contributed by atoms with E-state index in [1.807, 2.05) is 13.8 Å². The van der Waals surface area contributed by atoms with E-state index in [0.29, 0.717) is 0 Å². The van der Waals surface area contributed by atoms with Crippen LogP contribution in [0, 0.1) is 11.7 Å². The first kappa shape index (κ1) is 16.1. The highest BCUT2D eigenvalue weighted by molar-refractivity contribution is 5.96. The van der Waals surface area contributed by atoms with Crippen molar-refractivity contribution in [3.63, 3.8) is 0 Å². The van der Waals surface area contributed by atoms with Gasteiger partial charge in [-0.2, -0.15) is 18.2 Å². The van der Waals surface area contributed by atoms with Crippen molar-refractivity contribution < 1.29 is 26.9 Å². The van der Waals surface area contributed by atoms with Gasteiger partial charge >= 0.3 is 12.1 Å². The summed E-state index contributed by atoms with van der Waals surface area (Å²) in [6.07, 6.45) is -4.59. The molecule has 0 unspecified atom stereocenters. The zero-order valence-electron chi connectivity index (χ0n) is 11.7. The quantitative estimate of drug-likeness (QED) is 0.629. The van der Waals surface area contributed by atoms with Gasteiger partial charge < -0.3 is 4.52 Å². The molecule has 0 atom stereocenters. The van der Waals surface area contributed by atoms with Crippen LogP contribution in [0.5, 0.6) is 0 Å². The van der Waals surface area contributed by atoms with Crippen molar-refractivity contribution >= 4 is 5.78 Å². The maximum atomic E-state index is 13.9. The maximum absolute atomic E-state index is 13.9. The third kappa shape index (κ3) is 3.49. The van der Waals surface area contributed by atoms with Crippen molar-refractivity contribution in [2.75, 3.05) is 0 Å². The van der Waals surface area contributed by atoms with Crippen LogP contribution in [0.25, 0.3) is 11.4 Å². The van der Waals surface area contributed by atoms with Crippen molar-refractivity contribution in [3.8, 4) is 11.4 Å². The van der Waals surface area contributed by atoms with Gasteiger partial charge in [0.2, 0.25) is 5.82 Å². The number of Topliss-reactive ketones (excluding diaryl/α,β-unsaturated/α-hetero) is 1. The minimum Gasteiger partial charge on any atom is -0.329 e. The second-order valence-corrected chi connectivity index (χ2v) is 5.14. The molecule has 0 fully saturated rings. The average Bonchev–Trinajstić information content (AvgIpc) is 2.86. The molecule has 0 amide bonds. The predicted molar refractivity (Wildman–Crippen MR) is 68.5 cm³/mol. The number of aromatic nitrogens is 2. The third-order valence-corrected chi connectivity index (χ3v) is 2.79. The van der Waals surface area contributed by atoms with E-state index in [-0.39, 0.29) is 29.2 Å². The van der Waals surface area contributed by atoms with Crippen LogP contribution in [0.2, 0.25) is 0 Å². The van der Waals surface area contributed by atoms with Gasteiger partial charge in [0.1, 0.15) is 5.82 Å². The molecule has 0 aliphatic carbocycles. The molecule has 0 radical (unpaired) electrons. The lowest BCUT2D eigenvalue weighted by Crippen LogP contribution is -2.06. The Balaban J connectivity index is 2.30. The summed E-state index contributed by atoms with van der Waals surface area (Å²) in [5.74, 6) is -3.04. The molecule has 0 saturated heterocycles. The van der Waals surface area contributed by atoms with Gasteiger partial charge in [0.05, 0.1) is 5.56 Å². The Morgan fingerprint density at radius 1 is 1.32 bits per heavy atom. The van der Waals surface area contributed by atoms with E-state index in [1.165, 1.54) is 12.1 Å². The molecule has 1 aromatic carbocycles. The van der Waals surface area contributed by atoms with Crippen LogP contribution in [0.4, 0.5) is 17.6 Å². The normalized spacial score (nSPS) is 12.0. The van der Waals surface area contributed by atoms with Crippen LogP contribution >= 0.6 is 0 Å². The molecule has 4 nitrogen and oxygen atoms in total. The van der Waals surface area contributed by atoms with E-state index in [0.717, 1.165) is 6.07 Å². The van der Waals surface area contributed by atoms with E-state index >= 15 is 0 Å². The first-order valence-electron chi connectivity index (χ1n) is 6.42. The number of halogens is 4. The molecular formula is C14H12F4N2O2. The molecule has 0 saturated carbocycles. The molecule has 0 bridgehead atoms. The van der Waals surface area contributed by atoms with Crippen LogP contribution < -0.4 is 0 Å². The molecule has 0 aliphatic heterocycles. The number of benzene rings is 1. The Bertz CT molecular complexity index is 692. The van der Waals surface area contributed by atoms with Crippen LogP contribution in [-0.4, -0.2) is 15.9 Å². The second kappa shape index (κ2) is 5.86. The molecule has 2 aromatic rings. The minimum absolute atomic E-state index is 0.00199. The van der Waals surface area contributed by atoms with Gasteiger partial charge in [0, 0.05) is 12.0 Å². The summed E-state index contributed by atoms with van der Waals surface area (Å²) in [6.45, 7) is 3.64. The molecule has 8 heteroatoms. The summed E-state index contributed by atoms with van der Waals surface area (Å²) < 4.78 is 55.1. The monoisotopic (exact) mass is 316 g/mol. The Morgan fingerprint density at radius 2 is 2.00 bits per heavy atom. The molecule has 22 heavy (non-hydrogen) atoms. The van der Waals surface area contributed by atoms with E-state index in [9.17, 15) is 22.4 Å². The van der Waals surface area contributed by atoms with Gasteiger partial charge in [-0.3, -0.25) is 4.79 Å². The van der Waals surface area contributed by atoms with Gasteiger partial charge in [0.15, 0.2) is 5.78 Å². The van der Waals surface area contributed by atoms with Crippen LogP contribution in [-0.2, 0) is 6.18 Å². The molecule has 2 rings (SSSR count). The zero-order chi connectivity index (χ0) is 16.5. The standard InChI is InChI=1S/C14H12F4N2O2/c1-7(2)5-11(21)9-4-3-8(6-10(9)15)12-19-13(22-20-12)14(16,17)18/h3-4,6-7H,5H2,1-2H3. The average molecular weight is 316 g/mol. The number of hydrogen-bond acceptors (Lipinski definition) is 4. The van der Waals surface area contributed by atoms with E-state index in [1.54, 1.807) is 0 Å². The van der Waals surface area contributed by atoms with Crippen LogP contribution in [0.3, 0.4) is 0 Å². The van der Waals surface area contributed by atoms with E-state index in [2.05, 4.69) is 14.7 Å². The fourth-order valence-corrected chi connectivity index (χ4v) is 1.82. The Kier molecular flexibility index (Phi) is 4.30. The number of carbonyl (C=O) groups excluding carboxylic acids is 1. The van der Waals surface area contributed by atoms with Crippen molar-refractivity contribution in [2.45, 2.75) is 26.4 Å². The minimum atomic E-state index is -4.77. The third-order valence-electron chi connectivity index (χ3n) is 2.79. The Labute approximate surface area is 123 Å². The van der Waals surface area contributed by atoms with Crippen LogP contribution in [0.1, 0.15) is 36.5 Å². The predicted octanol–water partition coefficient (Wildman–Crippen LogP) is 4.12. The Morgan fingerprint density at radius 3 is 2.50 bits per heavy atom. The van der Waals surface area contributed by atoms with Crippen molar-refractivity contribution in [1.29, 1.82) is 0 Å². The first-order valence-corrected chi connectivity index (χ1v) is 6.42. The molecule has 118 valence electrons. The Hall–Kier alpha value is -2.25. The first-order chi connectivity index (χ1) is 10.2. The number of nitrogens with zero attached hydrogens (tertiary/aromatic N) is 2. The molecule has 0 aliphatic rings. The van der Waals surface area contributed by atoms with Gasteiger partial charge in [-0.1, -0.05) is 25.1 Å². The summed E-state index contributed by atoms with van der Waals surface area (Å²) in [4.78, 5) is 15.0. The molecular weight excluding hydrogens is 304 g/mol. The number of hydrogen-bond donors (Lipinski definition) is 0. The smallest absolute Gasteiger partial charge is 0.329 e. The molecule has 0 spiro atoms. The fraction of sp³-hybridized carbons (Fsp3) is 0.357.